The van der Waals surface area contributed by atoms with Crippen LogP contribution in [0, 0.1) is 5.92 Å². The van der Waals surface area contributed by atoms with Gasteiger partial charge in [0.2, 0.25) is 0 Å². The SMILES string of the molecule is CSc1nc(CCC(C)C)nc2ccc(-c3cnco3)cc12. The molecule has 0 bridgehead atoms. The molecule has 0 spiro atoms. The molecular formula is C17H19N3OS. The Morgan fingerprint density at radius 3 is 2.77 bits per heavy atom. The van der Waals surface area contributed by atoms with Gasteiger partial charge in [0, 0.05) is 17.4 Å². The highest BCUT2D eigenvalue weighted by Gasteiger charge is 2.10. The minimum Gasteiger partial charge on any atom is -0.444 e. The van der Waals surface area contributed by atoms with Crippen LogP contribution in [0.3, 0.4) is 0 Å². The molecule has 0 saturated carbocycles. The van der Waals surface area contributed by atoms with Crippen LogP contribution in [0.25, 0.3) is 22.2 Å². The zero-order valence-corrected chi connectivity index (χ0v) is 13.9. The van der Waals surface area contributed by atoms with Crippen molar-refractivity contribution in [1.29, 1.82) is 0 Å². The van der Waals surface area contributed by atoms with E-state index in [1.165, 1.54) is 6.39 Å². The van der Waals surface area contributed by atoms with Crippen LogP contribution in [-0.2, 0) is 6.42 Å². The number of hydrogen-bond acceptors (Lipinski definition) is 5. The summed E-state index contributed by atoms with van der Waals surface area (Å²) >= 11 is 1.66. The quantitative estimate of drug-likeness (QED) is 0.509. The standard InChI is InChI=1S/C17H19N3OS/c1-11(2)4-7-16-19-14-6-5-12(15-9-18-10-21-15)8-13(14)17(20-16)22-3/h5-6,8-11H,4,7H2,1-3H3. The number of benzene rings is 1. The van der Waals surface area contributed by atoms with Crippen LogP contribution >= 0.6 is 11.8 Å². The number of hydrogen-bond donors (Lipinski definition) is 0. The molecule has 2 aromatic heterocycles. The summed E-state index contributed by atoms with van der Waals surface area (Å²) in [7, 11) is 0. The van der Waals surface area contributed by atoms with Gasteiger partial charge >= 0.3 is 0 Å². The molecule has 3 rings (SSSR count). The first-order valence-corrected chi connectivity index (χ1v) is 8.63. The Kier molecular flexibility index (Phi) is 4.43. The van der Waals surface area contributed by atoms with E-state index < -0.39 is 0 Å². The van der Waals surface area contributed by atoms with E-state index in [1.807, 2.05) is 12.1 Å². The van der Waals surface area contributed by atoms with Crippen molar-refractivity contribution in [2.75, 3.05) is 6.26 Å². The van der Waals surface area contributed by atoms with Crippen molar-refractivity contribution >= 4 is 22.7 Å². The fraction of sp³-hybridized carbons (Fsp3) is 0.353. The number of fused-ring (bicyclic) bond motifs is 1. The van der Waals surface area contributed by atoms with Crippen molar-refractivity contribution < 1.29 is 4.42 Å². The monoisotopic (exact) mass is 313 g/mol. The first-order valence-electron chi connectivity index (χ1n) is 7.41. The van der Waals surface area contributed by atoms with Crippen LogP contribution in [0.15, 0.2) is 40.2 Å². The summed E-state index contributed by atoms with van der Waals surface area (Å²) in [6, 6.07) is 6.13. The maximum Gasteiger partial charge on any atom is 0.181 e. The molecule has 0 amide bonds. The van der Waals surface area contributed by atoms with Crippen molar-refractivity contribution in [3.05, 3.63) is 36.6 Å². The van der Waals surface area contributed by atoms with E-state index in [4.69, 9.17) is 14.4 Å². The zero-order valence-electron chi connectivity index (χ0n) is 13.0. The van der Waals surface area contributed by atoms with E-state index in [0.717, 1.165) is 45.9 Å². The molecule has 0 fully saturated rings. The summed E-state index contributed by atoms with van der Waals surface area (Å²) in [6.45, 7) is 4.44. The maximum atomic E-state index is 5.37. The second kappa shape index (κ2) is 6.48. The van der Waals surface area contributed by atoms with Crippen LogP contribution in [0.1, 0.15) is 26.1 Å². The van der Waals surface area contributed by atoms with Crippen molar-refractivity contribution in [3.8, 4) is 11.3 Å². The Balaban J connectivity index is 2.03. The van der Waals surface area contributed by atoms with Gasteiger partial charge in [-0.05, 0) is 36.8 Å². The smallest absolute Gasteiger partial charge is 0.181 e. The third-order valence-electron chi connectivity index (χ3n) is 3.56. The largest absolute Gasteiger partial charge is 0.444 e. The Hall–Kier alpha value is -1.88. The molecule has 2 heterocycles. The Bertz CT molecular complexity index is 769. The van der Waals surface area contributed by atoms with Crippen LogP contribution in [0.5, 0.6) is 0 Å². The minimum atomic E-state index is 0.658. The normalized spacial score (nSPS) is 11.5. The first-order chi connectivity index (χ1) is 10.7. The van der Waals surface area contributed by atoms with Crippen molar-refractivity contribution in [1.82, 2.24) is 15.0 Å². The number of aromatic nitrogens is 3. The molecule has 0 aliphatic heterocycles. The topological polar surface area (TPSA) is 51.8 Å². The molecular weight excluding hydrogens is 294 g/mol. The van der Waals surface area contributed by atoms with Gasteiger partial charge in [0.05, 0.1) is 11.7 Å². The summed E-state index contributed by atoms with van der Waals surface area (Å²) in [6.07, 6.45) is 7.24. The molecule has 0 unspecified atom stereocenters. The molecule has 0 aliphatic carbocycles. The molecule has 0 radical (unpaired) electrons. The molecule has 3 aromatic rings. The lowest BCUT2D eigenvalue weighted by Crippen LogP contribution is -2.00. The van der Waals surface area contributed by atoms with E-state index in [9.17, 15) is 0 Å². The van der Waals surface area contributed by atoms with Crippen LogP contribution in [0.2, 0.25) is 0 Å². The zero-order chi connectivity index (χ0) is 15.5. The number of rotatable bonds is 5. The highest BCUT2D eigenvalue weighted by molar-refractivity contribution is 7.98. The predicted octanol–water partition coefficient (Wildman–Crippen LogP) is 4.60. The molecule has 22 heavy (non-hydrogen) atoms. The Labute approximate surface area is 134 Å². The molecule has 0 saturated heterocycles. The van der Waals surface area contributed by atoms with Crippen molar-refractivity contribution in [3.63, 3.8) is 0 Å². The first kappa shape index (κ1) is 15.0. The molecule has 5 heteroatoms. The van der Waals surface area contributed by atoms with Crippen LogP contribution in [-0.4, -0.2) is 21.2 Å². The van der Waals surface area contributed by atoms with Gasteiger partial charge in [0.1, 0.15) is 10.9 Å². The summed E-state index contributed by atoms with van der Waals surface area (Å²) in [5, 5.41) is 2.08. The fourth-order valence-corrected chi connectivity index (χ4v) is 2.92. The van der Waals surface area contributed by atoms with Crippen LogP contribution < -0.4 is 0 Å². The van der Waals surface area contributed by atoms with E-state index in [0.29, 0.717) is 5.92 Å². The number of oxazole rings is 1. The van der Waals surface area contributed by atoms with Gasteiger partial charge in [-0.25, -0.2) is 15.0 Å². The number of aryl methyl sites for hydroxylation is 1. The van der Waals surface area contributed by atoms with E-state index in [2.05, 4.69) is 31.2 Å². The molecule has 0 N–H and O–H groups in total. The van der Waals surface area contributed by atoms with Gasteiger partial charge in [-0.15, -0.1) is 11.8 Å². The summed E-state index contributed by atoms with van der Waals surface area (Å²) in [5.41, 5.74) is 1.99. The molecule has 114 valence electrons. The van der Waals surface area contributed by atoms with Gasteiger partial charge in [0.25, 0.3) is 0 Å². The van der Waals surface area contributed by atoms with E-state index in [-0.39, 0.29) is 0 Å². The van der Waals surface area contributed by atoms with E-state index >= 15 is 0 Å². The lowest BCUT2D eigenvalue weighted by Gasteiger charge is -2.09. The highest BCUT2D eigenvalue weighted by Crippen LogP contribution is 2.29. The van der Waals surface area contributed by atoms with Gasteiger partial charge < -0.3 is 4.42 Å². The summed E-state index contributed by atoms with van der Waals surface area (Å²) in [5.74, 6) is 2.35. The van der Waals surface area contributed by atoms with Crippen molar-refractivity contribution in [2.24, 2.45) is 5.92 Å². The number of nitrogens with zero attached hydrogens (tertiary/aromatic N) is 3. The third kappa shape index (κ3) is 3.14. The second-order valence-electron chi connectivity index (χ2n) is 5.68. The Morgan fingerprint density at radius 1 is 1.23 bits per heavy atom. The molecule has 4 nitrogen and oxygen atoms in total. The average molecular weight is 313 g/mol. The molecule has 0 aliphatic rings. The predicted molar refractivity (Wildman–Crippen MR) is 90.0 cm³/mol. The fourth-order valence-electron chi connectivity index (χ4n) is 2.34. The van der Waals surface area contributed by atoms with Crippen molar-refractivity contribution in [2.45, 2.75) is 31.7 Å². The highest BCUT2D eigenvalue weighted by atomic mass is 32.2. The summed E-state index contributed by atoms with van der Waals surface area (Å²) in [4.78, 5) is 13.4. The lowest BCUT2D eigenvalue weighted by molar-refractivity contribution is 0.572. The molecule has 0 atom stereocenters. The minimum absolute atomic E-state index is 0.658. The average Bonchev–Trinajstić information content (AvgIpc) is 3.06. The van der Waals surface area contributed by atoms with Crippen LogP contribution in [0.4, 0.5) is 0 Å². The van der Waals surface area contributed by atoms with Gasteiger partial charge in [0.15, 0.2) is 12.2 Å². The third-order valence-corrected chi connectivity index (χ3v) is 4.26. The van der Waals surface area contributed by atoms with Gasteiger partial charge in [-0.2, -0.15) is 0 Å². The Morgan fingerprint density at radius 2 is 2.09 bits per heavy atom. The van der Waals surface area contributed by atoms with E-state index in [1.54, 1.807) is 18.0 Å². The van der Waals surface area contributed by atoms with Gasteiger partial charge in [-0.3, -0.25) is 0 Å². The second-order valence-corrected chi connectivity index (χ2v) is 6.47. The number of thioether (sulfide) groups is 1. The molecule has 1 aromatic carbocycles. The maximum absolute atomic E-state index is 5.37. The van der Waals surface area contributed by atoms with Gasteiger partial charge in [-0.1, -0.05) is 13.8 Å². The summed E-state index contributed by atoms with van der Waals surface area (Å²) < 4.78 is 5.37. The lowest BCUT2D eigenvalue weighted by atomic mass is 10.1.